The summed E-state index contributed by atoms with van der Waals surface area (Å²) in [6.45, 7) is 8.88. The van der Waals surface area contributed by atoms with E-state index in [1.807, 2.05) is 0 Å². The molecule has 0 aliphatic heterocycles. The van der Waals surface area contributed by atoms with Gasteiger partial charge in [-0.3, -0.25) is 0 Å². The molecular weight excluding hydrogens is 412 g/mol. The fourth-order valence-corrected chi connectivity index (χ4v) is 6.63. The third-order valence-corrected chi connectivity index (χ3v) is 8.65. The molecule has 4 aliphatic carbocycles. The van der Waals surface area contributed by atoms with Gasteiger partial charge >= 0.3 is 37.7 Å². The van der Waals surface area contributed by atoms with E-state index in [4.69, 9.17) is 0 Å². The molecule has 4 rings (SSSR count). The molecule has 0 heterocycles. The Labute approximate surface area is 218 Å². The second-order valence-electron chi connectivity index (χ2n) is 10.7. The van der Waals surface area contributed by atoms with E-state index in [0.717, 1.165) is 17.6 Å². The van der Waals surface area contributed by atoms with E-state index >= 15 is 0 Å². The Morgan fingerprint density at radius 2 is 1.84 bits per heavy atom. The molecule has 0 aromatic carbocycles. The summed E-state index contributed by atoms with van der Waals surface area (Å²) in [6, 6.07) is 0. The number of fused-ring (bicyclic) bond motifs is 1. The van der Waals surface area contributed by atoms with Crippen molar-refractivity contribution >= 4 is 37.7 Å². The summed E-state index contributed by atoms with van der Waals surface area (Å²) in [6.07, 6.45) is 16.9. The summed E-state index contributed by atoms with van der Waals surface area (Å²) in [4.78, 5) is 0. The average Bonchev–Trinajstić information content (AvgIpc) is 3.49. The molecule has 0 bridgehead atoms. The summed E-state index contributed by atoms with van der Waals surface area (Å²) >= 11 is 0. The van der Waals surface area contributed by atoms with Crippen LogP contribution in [0, 0.1) is 29.1 Å². The van der Waals surface area contributed by atoms with E-state index in [2.05, 4.69) is 44.7 Å². The summed E-state index contributed by atoms with van der Waals surface area (Å²) in [7, 11) is 0. The molecule has 0 aromatic heterocycles. The molecule has 4 saturated carbocycles. The number of rotatable bonds is 5. The second kappa shape index (κ2) is 10.6. The summed E-state index contributed by atoms with van der Waals surface area (Å²) in [5.74, 6) is 2.28. The van der Waals surface area contributed by atoms with Crippen LogP contribution in [-0.4, -0.2) is 71.4 Å². The van der Waals surface area contributed by atoms with Crippen LogP contribution < -0.4 is 0 Å². The zero-order valence-electron chi connectivity index (χ0n) is 18.8. The van der Waals surface area contributed by atoms with Crippen molar-refractivity contribution in [3.05, 3.63) is 47.6 Å². The van der Waals surface area contributed by atoms with Gasteiger partial charge < -0.3 is 15.3 Å². The van der Waals surface area contributed by atoms with Crippen LogP contribution in [0.1, 0.15) is 71.6 Å². The minimum absolute atomic E-state index is 0. The van der Waals surface area contributed by atoms with Crippen LogP contribution in [0.15, 0.2) is 47.6 Å². The van der Waals surface area contributed by atoms with Gasteiger partial charge in [0, 0.05) is 6.42 Å². The molecule has 4 fully saturated rings. The van der Waals surface area contributed by atoms with Gasteiger partial charge in [0.15, 0.2) is 0 Å². The maximum absolute atomic E-state index is 10.2. The molecule has 31 heavy (non-hydrogen) atoms. The van der Waals surface area contributed by atoms with Crippen LogP contribution in [0.5, 0.6) is 0 Å². The SMILES string of the molecule is C=C1/C(=C\C=C2/CCC[C@]3(C)[C@@H]([C@H](C)/C=C/[C@@H](O)C4CC4)CC[C@@H]23)C[C@@H](O)C[C@@H]1O.[CaH2]. The van der Waals surface area contributed by atoms with E-state index in [9.17, 15) is 15.3 Å². The van der Waals surface area contributed by atoms with Crippen molar-refractivity contribution in [1.82, 2.24) is 0 Å². The Kier molecular flexibility index (Phi) is 8.77. The molecule has 4 aliphatic rings. The van der Waals surface area contributed by atoms with Crippen LogP contribution in [0.2, 0.25) is 0 Å². The topological polar surface area (TPSA) is 60.7 Å². The van der Waals surface area contributed by atoms with Crippen molar-refractivity contribution in [2.75, 3.05) is 0 Å². The second-order valence-corrected chi connectivity index (χ2v) is 10.7. The van der Waals surface area contributed by atoms with Crippen LogP contribution in [-0.2, 0) is 0 Å². The number of allylic oxidation sites excluding steroid dienone is 4. The van der Waals surface area contributed by atoms with E-state index in [1.54, 1.807) is 0 Å². The van der Waals surface area contributed by atoms with Gasteiger partial charge in [-0.2, -0.15) is 0 Å². The van der Waals surface area contributed by atoms with E-state index in [-0.39, 0.29) is 43.8 Å². The molecule has 0 saturated heterocycles. The van der Waals surface area contributed by atoms with Gasteiger partial charge in [0.2, 0.25) is 0 Å². The zero-order chi connectivity index (χ0) is 21.5. The van der Waals surface area contributed by atoms with Gasteiger partial charge in [0.1, 0.15) is 0 Å². The minimum atomic E-state index is -0.621. The Morgan fingerprint density at radius 1 is 1.10 bits per heavy atom. The molecule has 0 radical (unpaired) electrons. The van der Waals surface area contributed by atoms with Crippen molar-refractivity contribution in [1.29, 1.82) is 0 Å². The van der Waals surface area contributed by atoms with Gasteiger partial charge in [-0.15, -0.1) is 0 Å². The predicted octanol–water partition coefficient (Wildman–Crippen LogP) is 4.17. The van der Waals surface area contributed by atoms with Crippen LogP contribution in [0.3, 0.4) is 0 Å². The molecule has 0 amide bonds. The standard InChI is InChI=1S/C27H40O3.Ca.2H/c1-17(6-13-25(29)20-8-9-20)23-11-12-24-19(5-4-14-27(23,24)3)7-10-21-15-22(28)16-26(30)18(21)2;;;/h6-7,10,13,17,20,22-26,28-30H,2,4-5,8-9,11-12,14-16H2,1,3H3;;;/b13-6+,19-7+,21-10-;;;/t17-,22-,23-,24+,25-,26+,27-;;;/m1.../s1. The first-order chi connectivity index (χ1) is 14.3. The Morgan fingerprint density at radius 3 is 2.55 bits per heavy atom. The predicted molar refractivity (Wildman–Crippen MR) is 130 cm³/mol. The number of aliphatic hydroxyl groups excluding tert-OH is 3. The maximum atomic E-state index is 10.2. The van der Waals surface area contributed by atoms with Crippen molar-refractivity contribution < 1.29 is 15.3 Å². The molecule has 0 unspecified atom stereocenters. The molecular formula is C27H42CaO3. The van der Waals surface area contributed by atoms with Crippen molar-refractivity contribution in [3.63, 3.8) is 0 Å². The Bertz CT molecular complexity index is 750. The van der Waals surface area contributed by atoms with E-state index in [1.165, 1.54) is 44.1 Å². The summed E-state index contributed by atoms with van der Waals surface area (Å²) in [5.41, 5.74) is 3.63. The third kappa shape index (κ3) is 5.61. The quantitative estimate of drug-likeness (QED) is 0.432. The third-order valence-electron chi connectivity index (χ3n) is 8.65. The summed E-state index contributed by atoms with van der Waals surface area (Å²) < 4.78 is 0. The molecule has 7 atom stereocenters. The fourth-order valence-electron chi connectivity index (χ4n) is 6.63. The molecule has 3 N–H and O–H groups in total. The fraction of sp³-hybridized carbons (Fsp3) is 0.704. The first-order valence-electron chi connectivity index (χ1n) is 12.1. The number of hydrogen-bond acceptors (Lipinski definition) is 3. The molecule has 170 valence electrons. The Balaban J connectivity index is 0.00000272. The van der Waals surface area contributed by atoms with Gasteiger partial charge in [0.25, 0.3) is 0 Å². The van der Waals surface area contributed by atoms with Crippen LogP contribution >= 0.6 is 0 Å². The van der Waals surface area contributed by atoms with Gasteiger partial charge in [-0.25, -0.2) is 0 Å². The monoisotopic (exact) mass is 454 g/mol. The molecule has 0 aromatic rings. The van der Waals surface area contributed by atoms with Gasteiger partial charge in [0.05, 0.1) is 18.3 Å². The zero-order valence-corrected chi connectivity index (χ0v) is 18.8. The van der Waals surface area contributed by atoms with Crippen LogP contribution in [0.4, 0.5) is 0 Å². The van der Waals surface area contributed by atoms with Crippen molar-refractivity contribution in [2.24, 2.45) is 29.1 Å². The summed E-state index contributed by atoms with van der Waals surface area (Å²) in [5, 5.41) is 30.4. The van der Waals surface area contributed by atoms with E-state index in [0.29, 0.717) is 41.9 Å². The molecule has 4 heteroatoms. The Hall–Kier alpha value is 0.0997. The molecule has 3 nitrogen and oxygen atoms in total. The molecule has 0 spiro atoms. The van der Waals surface area contributed by atoms with Crippen LogP contribution in [0.25, 0.3) is 0 Å². The number of aliphatic hydroxyl groups is 3. The average molecular weight is 455 g/mol. The first-order valence-corrected chi connectivity index (χ1v) is 12.1. The van der Waals surface area contributed by atoms with Crippen molar-refractivity contribution in [3.8, 4) is 0 Å². The number of hydrogen-bond donors (Lipinski definition) is 3. The normalized spacial score (nSPS) is 40.7. The van der Waals surface area contributed by atoms with Gasteiger partial charge in [-0.1, -0.05) is 50.3 Å². The van der Waals surface area contributed by atoms with Crippen molar-refractivity contribution in [2.45, 2.75) is 89.9 Å². The van der Waals surface area contributed by atoms with Gasteiger partial charge in [-0.05, 0) is 91.6 Å². The van der Waals surface area contributed by atoms with E-state index < -0.39 is 12.2 Å². The first kappa shape index (κ1) is 25.7.